The van der Waals surface area contributed by atoms with Crippen molar-refractivity contribution in [2.45, 2.75) is 26.3 Å². The van der Waals surface area contributed by atoms with Gasteiger partial charge in [0.2, 0.25) is 0 Å². The van der Waals surface area contributed by atoms with Crippen LogP contribution in [0.25, 0.3) is 0 Å². The van der Waals surface area contributed by atoms with Crippen molar-refractivity contribution in [3.8, 4) is 0 Å². The van der Waals surface area contributed by atoms with Gasteiger partial charge in [-0.15, -0.1) is 0 Å². The Labute approximate surface area is 119 Å². The molecule has 3 heteroatoms. The first-order valence-corrected chi connectivity index (χ1v) is 6.94. The van der Waals surface area contributed by atoms with Gasteiger partial charge >= 0.3 is 0 Å². The van der Waals surface area contributed by atoms with Gasteiger partial charge in [0.25, 0.3) is 0 Å². The molecule has 0 saturated heterocycles. The molecular weight excluding hydrogens is 246 g/mol. The van der Waals surface area contributed by atoms with Gasteiger partial charge in [-0.25, -0.2) is 0 Å². The van der Waals surface area contributed by atoms with Crippen LogP contribution in [0, 0.1) is 0 Å². The molecule has 0 fully saturated rings. The SMILES string of the molecule is CC(C)c1ccc2c(c1)C(N)=NCc1ccccc1N2. The molecule has 0 radical (unpaired) electrons. The number of rotatable bonds is 1. The first-order valence-electron chi connectivity index (χ1n) is 6.94. The maximum atomic E-state index is 6.15. The Bertz CT molecular complexity index is 672. The molecule has 20 heavy (non-hydrogen) atoms. The lowest BCUT2D eigenvalue weighted by Crippen LogP contribution is -2.18. The summed E-state index contributed by atoms with van der Waals surface area (Å²) in [7, 11) is 0. The molecule has 2 aromatic rings. The van der Waals surface area contributed by atoms with Crippen LogP contribution in [0.1, 0.15) is 36.5 Å². The van der Waals surface area contributed by atoms with Crippen molar-refractivity contribution in [3.05, 3.63) is 59.2 Å². The van der Waals surface area contributed by atoms with Crippen LogP contribution in [-0.2, 0) is 6.54 Å². The summed E-state index contributed by atoms with van der Waals surface area (Å²) in [5.41, 5.74) is 11.7. The molecule has 102 valence electrons. The molecule has 0 amide bonds. The minimum Gasteiger partial charge on any atom is -0.383 e. The van der Waals surface area contributed by atoms with E-state index < -0.39 is 0 Å². The molecule has 0 bridgehead atoms. The van der Waals surface area contributed by atoms with Gasteiger partial charge in [0.1, 0.15) is 5.84 Å². The Morgan fingerprint density at radius 3 is 2.70 bits per heavy atom. The number of fused-ring (bicyclic) bond motifs is 2. The Morgan fingerprint density at radius 2 is 1.90 bits per heavy atom. The standard InChI is InChI=1S/C17H19N3/c1-11(2)12-7-8-16-14(9-12)17(18)19-10-13-5-3-4-6-15(13)20-16/h3-9,11,20H,10H2,1-2H3,(H2,18,19). The summed E-state index contributed by atoms with van der Waals surface area (Å²) in [5.74, 6) is 1.08. The Hall–Kier alpha value is -2.29. The van der Waals surface area contributed by atoms with Gasteiger partial charge in [-0.2, -0.15) is 0 Å². The monoisotopic (exact) mass is 265 g/mol. The number of aliphatic imine (C=N–C) groups is 1. The fourth-order valence-electron chi connectivity index (χ4n) is 2.42. The van der Waals surface area contributed by atoms with Crippen molar-refractivity contribution in [2.24, 2.45) is 10.7 Å². The minimum absolute atomic E-state index is 0.478. The molecule has 2 aromatic carbocycles. The van der Waals surface area contributed by atoms with Gasteiger partial charge in [-0.05, 0) is 35.2 Å². The minimum atomic E-state index is 0.478. The van der Waals surface area contributed by atoms with E-state index in [9.17, 15) is 0 Å². The smallest absolute Gasteiger partial charge is 0.128 e. The Balaban J connectivity index is 2.12. The molecule has 0 saturated carbocycles. The molecule has 0 atom stereocenters. The number of anilines is 2. The quantitative estimate of drug-likeness (QED) is 0.824. The van der Waals surface area contributed by atoms with Crippen LogP contribution in [0.5, 0.6) is 0 Å². The number of para-hydroxylation sites is 1. The number of hydrogen-bond donors (Lipinski definition) is 2. The maximum Gasteiger partial charge on any atom is 0.128 e. The molecule has 0 aliphatic carbocycles. The highest BCUT2D eigenvalue weighted by Crippen LogP contribution is 2.29. The van der Waals surface area contributed by atoms with Crippen LogP contribution in [-0.4, -0.2) is 5.84 Å². The number of nitrogens with one attached hydrogen (secondary N) is 1. The number of benzene rings is 2. The van der Waals surface area contributed by atoms with Crippen molar-refractivity contribution in [1.29, 1.82) is 0 Å². The predicted octanol–water partition coefficient (Wildman–Crippen LogP) is 3.77. The zero-order valence-corrected chi connectivity index (χ0v) is 11.9. The fourth-order valence-corrected chi connectivity index (χ4v) is 2.42. The summed E-state index contributed by atoms with van der Waals surface area (Å²) in [6.45, 7) is 4.97. The highest BCUT2D eigenvalue weighted by atomic mass is 14.9. The molecule has 1 aliphatic heterocycles. The summed E-state index contributed by atoms with van der Waals surface area (Å²) < 4.78 is 0. The first kappa shape index (κ1) is 12.7. The molecular formula is C17H19N3. The molecule has 3 nitrogen and oxygen atoms in total. The van der Waals surface area contributed by atoms with E-state index in [0.717, 1.165) is 22.5 Å². The van der Waals surface area contributed by atoms with Gasteiger partial charge in [0, 0.05) is 16.9 Å². The molecule has 1 heterocycles. The van der Waals surface area contributed by atoms with Crippen molar-refractivity contribution in [3.63, 3.8) is 0 Å². The van der Waals surface area contributed by atoms with Crippen molar-refractivity contribution in [2.75, 3.05) is 5.32 Å². The normalized spacial score (nSPS) is 13.7. The van der Waals surface area contributed by atoms with Gasteiger partial charge in [-0.3, -0.25) is 4.99 Å². The average Bonchev–Trinajstić information content (AvgIpc) is 2.44. The number of amidine groups is 1. The molecule has 3 rings (SSSR count). The van der Waals surface area contributed by atoms with E-state index in [0.29, 0.717) is 18.3 Å². The lowest BCUT2D eigenvalue weighted by Gasteiger charge is -2.19. The first-order chi connectivity index (χ1) is 9.65. The van der Waals surface area contributed by atoms with Crippen LogP contribution < -0.4 is 11.1 Å². The predicted molar refractivity (Wildman–Crippen MR) is 84.7 cm³/mol. The molecule has 3 N–H and O–H groups in total. The fraction of sp³-hybridized carbons (Fsp3) is 0.235. The number of nitrogens with two attached hydrogens (primary N) is 1. The van der Waals surface area contributed by atoms with Crippen molar-refractivity contribution >= 4 is 17.2 Å². The van der Waals surface area contributed by atoms with Crippen molar-refractivity contribution in [1.82, 2.24) is 0 Å². The van der Waals surface area contributed by atoms with Gasteiger partial charge in [0.15, 0.2) is 0 Å². The van der Waals surface area contributed by atoms with E-state index >= 15 is 0 Å². The van der Waals surface area contributed by atoms with Crippen LogP contribution in [0.3, 0.4) is 0 Å². The molecule has 0 unspecified atom stereocenters. The summed E-state index contributed by atoms with van der Waals surface area (Å²) in [5, 5.41) is 3.48. The van der Waals surface area contributed by atoms with Crippen LogP contribution in [0.15, 0.2) is 47.5 Å². The van der Waals surface area contributed by atoms with E-state index in [-0.39, 0.29) is 0 Å². The second kappa shape index (κ2) is 5.00. The summed E-state index contributed by atoms with van der Waals surface area (Å²) in [6, 6.07) is 14.6. The van der Waals surface area contributed by atoms with E-state index in [2.05, 4.69) is 54.5 Å². The van der Waals surface area contributed by atoms with Gasteiger partial charge < -0.3 is 11.1 Å². The summed E-state index contributed by atoms with van der Waals surface area (Å²) in [4.78, 5) is 4.52. The van der Waals surface area contributed by atoms with Crippen molar-refractivity contribution < 1.29 is 0 Å². The highest BCUT2D eigenvalue weighted by molar-refractivity contribution is 6.03. The Kier molecular flexibility index (Phi) is 3.18. The van der Waals surface area contributed by atoms with Crippen LogP contribution in [0.2, 0.25) is 0 Å². The van der Waals surface area contributed by atoms with E-state index in [1.54, 1.807) is 0 Å². The van der Waals surface area contributed by atoms with Crippen LogP contribution >= 0.6 is 0 Å². The van der Waals surface area contributed by atoms with Gasteiger partial charge in [0.05, 0.1) is 6.54 Å². The topological polar surface area (TPSA) is 50.4 Å². The molecule has 0 spiro atoms. The van der Waals surface area contributed by atoms with Crippen LogP contribution in [0.4, 0.5) is 11.4 Å². The van der Waals surface area contributed by atoms with Gasteiger partial charge in [-0.1, -0.05) is 38.1 Å². The number of hydrogen-bond acceptors (Lipinski definition) is 3. The molecule has 0 aromatic heterocycles. The largest absolute Gasteiger partial charge is 0.383 e. The third-order valence-electron chi connectivity index (χ3n) is 3.69. The molecule has 1 aliphatic rings. The van der Waals surface area contributed by atoms with E-state index in [1.165, 1.54) is 5.56 Å². The average molecular weight is 265 g/mol. The second-order valence-electron chi connectivity index (χ2n) is 5.44. The third kappa shape index (κ3) is 2.27. The van der Waals surface area contributed by atoms with E-state index in [4.69, 9.17) is 5.73 Å². The lowest BCUT2D eigenvalue weighted by molar-refractivity contribution is 0.866. The Morgan fingerprint density at radius 1 is 1.10 bits per heavy atom. The summed E-state index contributed by atoms with van der Waals surface area (Å²) in [6.07, 6.45) is 0. The zero-order chi connectivity index (χ0) is 14.1. The number of nitrogens with zero attached hydrogens (tertiary/aromatic N) is 1. The summed E-state index contributed by atoms with van der Waals surface area (Å²) >= 11 is 0. The highest BCUT2D eigenvalue weighted by Gasteiger charge is 2.13. The lowest BCUT2D eigenvalue weighted by atomic mass is 9.98. The third-order valence-corrected chi connectivity index (χ3v) is 3.69. The second-order valence-corrected chi connectivity index (χ2v) is 5.44. The van der Waals surface area contributed by atoms with E-state index in [1.807, 2.05) is 12.1 Å². The maximum absolute atomic E-state index is 6.15. The zero-order valence-electron chi connectivity index (χ0n) is 11.9.